The lowest BCUT2D eigenvalue weighted by Crippen LogP contribution is -2.52. The summed E-state index contributed by atoms with van der Waals surface area (Å²) in [5.41, 5.74) is 9.25. The minimum Gasteiger partial charge on any atom is -0.382 e. The summed E-state index contributed by atoms with van der Waals surface area (Å²) in [6, 6.07) is 0. The van der Waals surface area contributed by atoms with Gasteiger partial charge in [-0.25, -0.2) is 0 Å². The van der Waals surface area contributed by atoms with E-state index in [4.69, 9.17) is 11.5 Å². The first kappa shape index (κ1) is 12.4. The molecule has 1 atom stereocenters. The molecule has 1 unspecified atom stereocenters. The molecular weight excluding hydrogens is 156 g/mol. The Morgan fingerprint density at radius 1 is 1.70 bits per heavy atom. The van der Waals surface area contributed by atoms with E-state index >= 15 is 0 Å². The minimum absolute atomic E-state index is 0. The van der Waals surface area contributed by atoms with Crippen molar-refractivity contribution < 1.29 is 9.53 Å². The summed E-state index contributed by atoms with van der Waals surface area (Å²) in [5, 5.41) is 0. The van der Waals surface area contributed by atoms with Gasteiger partial charge in [0.1, 0.15) is 5.54 Å². The average molecular weight is 169 g/mol. The van der Waals surface area contributed by atoms with Crippen LogP contribution in [-0.4, -0.2) is 25.2 Å². The molecule has 1 amide bonds. The second kappa shape index (κ2) is 4.49. The molecule has 0 saturated heterocycles. The molecule has 0 bridgehead atoms. The molecule has 0 spiro atoms. The van der Waals surface area contributed by atoms with Gasteiger partial charge in [-0.1, -0.05) is 0 Å². The fraction of sp³-hybridized carbons (Fsp3) is 0.800. The van der Waals surface area contributed by atoms with Gasteiger partial charge in [0.05, 0.1) is 6.61 Å². The lowest BCUT2D eigenvalue weighted by molar-refractivity contribution is -0.124. The molecule has 0 aromatic carbocycles. The Bertz CT molecular complexity index is 116. The molecule has 10 heavy (non-hydrogen) atoms. The summed E-state index contributed by atoms with van der Waals surface area (Å²) in [6.45, 7) is 1.68. The zero-order chi connectivity index (χ0) is 7.49. The maximum atomic E-state index is 10.4. The monoisotopic (exact) mass is 168 g/mol. The number of methoxy groups -OCH3 is 1. The quantitative estimate of drug-likeness (QED) is 0.583. The van der Waals surface area contributed by atoms with Crippen molar-refractivity contribution >= 4 is 18.3 Å². The summed E-state index contributed by atoms with van der Waals surface area (Å²) < 4.78 is 4.64. The molecule has 0 fully saturated rings. The predicted molar refractivity (Wildman–Crippen MR) is 40.9 cm³/mol. The van der Waals surface area contributed by atoms with Crippen molar-refractivity contribution in [2.24, 2.45) is 11.5 Å². The number of primary amides is 1. The SMILES string of the molecule is COCC(C)(N)C(N)=O.Cl. The normalized spacial score (nSPS) is 15.1. The second-order valence-electron chi connectivity index (χ2n) is 2.21. The first-order valence-electron chi connectivity index (χ1n) is 2.58. The zero-order valence-corrected chi connectivity index (χ0v) is 6.90. The van der Waals surface area contributed by atoms with Crippen LogP contribution in [0.15, 0.2) is 0 Å². The molecule has 0 aliphatic rings. The number of hydrogen-bond acceptors (Lipinski definition) is 3. The molecule has 0 saturated carbocycles. The standard InChI is InChI=1S/C5H12N2O2.ClH/c1-5(7,3-9-2)4(6)8;/h3,7H2,1-2H3,(H2,6,8);1H. The van der Waals surface area contributed by atoms with Gasteiger partial charge in [-0.05, 0) is 6.92 Å². The smallest absolute Gasteiger partial charge is 0.239 e. The van der Waals surface area contributed by atoms with Crippen molar-refractivity contribution in [2.75, 3.05) is 13.7 Å². The predicted octanol–water partition coefficient (Wildman–Crippen LogP) is -0.743. The molecule has 5 heteroatoms. The van der Waals surface area contributed by atoms with E-state index in [0.29, 0.717) is 0 Å². The van der Waals surface area contributed by atoms with Crippen LogP contribution in [0, 0.1) is 0 Å². The van der Waals surface area contributed by atoms with E-state index < -0.39 is 11.4 Å². The van der Waals surface area contributed by atoms with Crippen molar-refractivity contribution in [3.05, 3.63) is 0 Å². The van der Waals surface area contributed by atoms with Gasteiger partial charge in [0, 0.05) is 7.11 Å². The number of carbonyl (C=O) groups is 1. The van der Waals surface area contributed by atoms with Gasteiger partial charge in [-0.3, -0.25) is 4.79 Å². The highest BCUT2D eigenvalue weighted by atomic mass is 35.5. The highest BCUT2D eigenvalue weighted by Gasteiger charge is 2.24. The minimum atomic E-state index is -1.03. The zero-order valence-electron chi connectivity index (χ0n) is 6.09. The Morgan fingerprint density at radius 3 is 2.20 bits per heavy atom. The largest absolute Gasteiger partial charge is 0.382 e. The van der Waals surface area contributed by atoms with Gasteiger partial charge in [-0.2, -0.15) is 0 Å². The van der Waals surface area contributed by atoms with Gasteiger partial charge in [0.25, 0.3) is 0 Å². The molecule has 0 heterocycles. The van der Waals surface area contributed by atoms with E-state index in [1.807, 2.05) is 0 Å². The first-order valence-corrected chi connectivity index (χ1v) is 2.58. The van der Waals surface area contributed by atoms with Crippen LogP contribution in [0.1, 0.15) is 6.92 Å². The third kappa shape index (κ3) is 3.66. The van der Waals surface area contributed by atoms with Crippen molar-refractivity contribution in [3.63, 3.8) is 0 Å². The number of amides is 1. The maximum absolute atomic E-state index is 10.4. The molecule has 0 aliphatic carbocycles. The van der Waals surface area contributed by atoms with Crippen LogP contribution in [0.2, 0.25) is 0 Å². The van der Waals surface area contributed by atoms with Crippen LogP contribution < -0.4 is 11.5 Å². The van der Waals surface area contributed by atoms with Crippen LogP contribution in [0.3, 0.4) is 0 Å². The van der Waals surface area contributed by atoms with E-state index in [9.17, 15) is 4.79 Å². The summed E-state index contributed by atoms with van der Waals surface area (Å²) in [4.78, 5) is 10.4. The van der Waals surface area contributed by atoms with Crippen LogP contribution in [0.5, 0.6) is 0 Å². The van der Waals surface area contributed by atoms with E-state index in [2.05, 4.69) is 4.74 Å². The van der Waals surface area contributed by atoms with Gasteiger partial charge in [-0.15, -0.1) is 12.4 Å². The Kier molecular flexibility index (Phi) is 5.55. The molecule has 0 aliphatic heterocycles. The number of hydrogen-bond donors (Lipinski definition) is 2. The topological polar surface area (TPSA) is 78.3 Å². The van der Waals surface area contributed by atoms with Gasteiger partial charge < -0.3 is 16.2 Å². The summed E-state index contributed by atoms with van der Waals surface area (Å²) in [6.07, 6.45) is 0. The fourth-order valence-corrected chi connectivity index (χ4v) is 0.371. The third-order valence-corrected chi connectivity index (χ3v) is 1.01. The van der Waals surface area contributed by atoms with Gasteiger partial charge in [0.2, 0.25) is 5.91 Å². The van der Waals surface area contributed by atoms with Gasteiger partial charge in [0.15, 0.2) is 0 Å². The molecule has 4 nitrogen and oxygen atoms in total. The number of nitrogens with two attached hydrogens (primary N) is 2. The Labute approximate surface area is 66.3 Å². The molecule has 62 valence electrons. The van der Waals surface area contributed by atoms with Crippen LogP contribution in [0.25, 0.3) is 0 Å². The highest BCUT2D eigenvalue weighted by Crippen LogP contribution is 1.95. The van der Waals surface area contributed by atoms with Crippen LogP contribution >= 0.6 is 12.4 Å². The van der Waals surface area contributed by atoms with E-state index in [1.54, 1.807) is 0 Å². The summed E-state index contributed by atoms with van der Waals surface area (Å²) in [7, 11) is 1.47. The Morgan fingerprint density at radius 2 is 2.10 bits per heavy atom. The highest BCUT2D eigenvalue weighted by molar-refractivity contribution is 5.85. The molecule has 0 radical (unpaired) electrons. The molecular formula is C5H13ClN2O2. The lowest BCUT2D eigenvalue weighted by Gasteiger charge is -2.18. The van der Waals surface area contributed by atoms with Crippen molar-refractivity contribution in [1.29, 1.82) is 0 Å². The Balaban J connectivity index is 0. The number of ether oxygens (including phenoxy) is 1. The van der Waals surface area contributed by atoms with Crippen LogP contribution in [-0.2, 0) is 9.53 Å². The van der Waals surface area contributed by atoms with E-state index in [0.717, 1.165) is 0 Å². The average Bonchev–Trinajstić information content (AvgIpc) is 1.65. The maximum Gasteiger partial charge on any atom is 0.239 e. The number of carbonyl (C=O) groups excluding carboxylic acids is 1. The Hall–Kier alpha value is -0.320. The van der Waals surface area contributed by atoms with Gasteiger partial charge >= 0.3 is 0 Å². The summed E-state index contributed by atoms with van der Waals surface area (Å²) >= 11 is 0. The van der Waals surface area contributed by atoms with E-state index in [1.165, 1.54) is 14.0 Å². The molecule has 4 N–H and O–H groups in total. The third-order valence-electron chi connectivity index (χ3n) is 1.01. The first-order chi connectivity index (χ1) is 4.00. The molecule has 0 aromatic rings. The fourth-order valence-electron chi connectivity index (χ4n) is 0.371. The molecule has 0 aromatic heterocycles. The number of rotatable bonds is 3. The van der Waals surface area contributed by atoms with Crippen LogP contribution in [0.4, 0.5) is 0 Å². The van der Waals surface area contributed by atoms with Crippen molar-refractivity contribution in [2.45, 2.75) is 12.5 Å². The molecule has 0 rings (SSSR count). The van der Waals surface area contributed by atoms with Crippen molar-refractivity contribution in [3.8, 4) is 0 Å². The van der Waals surface area contributed by atoms with Crippen molar-refractivity contribution in [1.82, 2.24) is 0 Å². The number of halogens is 1. The van der Waals surface area contributed by atoms with E-state index in [-0.39, 0.29) is 19.0 Å². The second-order valence-corrected chi connectivity index (χ2v) is 2.21. The lowest BCUT2D eigenvalue weighted by atomic mass is 10.1. The summed E-state index contributed by atoms with van der Waals surface area (Å²) in [5.74, 6) is -0.552.